The third-order valence-corrected chi connectivity index (χ3v) is 3.93. The van der Waals surface area contributed by atoms with Crippen LogP contribution in [0.2, 0.25) is 10.0 Å². The Morgan fingerprint density at radius 3 is 2.24 bits per heavy atom. The maximum atomic E-state index is 10.4. The Kier molecular flexibility index (Phi) is 5.34. The molecule has 21 heavy (non-hydrogen) atoms. The summed E-state index contributed by atoms with van der Waals surface area (Å²) in [5.41, 5.74) is 1.44. The van der Waals surface area contributed by atoms with E-state index < -0.39 is 6.10 Å². The topological polar surface area (TPSA) is 38.7 Å². The average Bonchev–Trinajstić information content (AvgIpc) is 2.49. The minimum atomic E-state index is -0.780. The van der Waals surface area contributed by atoms with Gasteiger partial charge in [0.25, 0.3) is 0 Å². The predicted molar refractivity (Wildman–Crippen MR) is 84.7 cm³/mol. The predicted octanol–water partition coefficient (Wildman–Crippen LogP) is 4.29. The molecule has 2 aromatic rings. The summed E-state index contributed by atoms with van der Waals surface area (Å²) in [6.45, 7) is 0. The fraction of sp³-hybridized carbons (Fsp3) is 0.250. The molecule has 0 saturated heterocycles. The van der Waals surface area contributed by atoms with Crippen molar-refractivity contribution in [1.82, 2.24) is 0 Å². The van der Waals surface area contributed by atoms with E-state index in [9.17, 15) is 5.11 Å². The number of rotatable bonds is 5. The van der Waals surface area contributed by atoms with Gasteiger partial charge in [-0.25, -0.2) is 0 Å². The number of aliphatic hydroxyl groups excluding tert-OH is 1. The van der Waals surface area contributed by atoms with Crippen molar-refractivity contribution in [3.05, 3.63) is 57.6 Å². The normalized spacial score (nSPS) is 12.0. The van der Waals surface area contributed by atoms with E-state index in [1.54, 1.807) is 18.2 Å². The van der Waals surface area contributed by atoms with Crippen molar-refractivity contribution in [3.8, 4) is 11.5 Å². The van der Waals surface area contributed by atoms with Crippen molar-refractivity contribution >= 4 is 23.2 Å². The first-order valence-corrected chi connectivity index (χ1v) is 7.15. The second-order valence-corrected chi connectivity index (χ2v) is 5.35. The Balaban J connectivity index is 2.31. The Morgan fingerprint density at radius 2 is 1.62 bits per heavy atom. The molecular weight excluding hydrogens is 311 g/mol. The van der Waals surface area contributed by atoms with Gasteiger partial charge in [0.15, 0.2) is 11.5 Å². The van der Waals surface area contributed by atoms with Crippen LogP contribution in [0.5, 0.6) is 11.5 Å². The molecule has 0 aromatic heterocycles. The van der Waals surface area contributed by atoms with E-state index in [1.165, 1.54) is 14.2 Å². The van der Waals surface area contributed by atoms with Crippen LogP contribution in [0, 0.1) is 0 Å². The molecule has 0 amide bonds. The minimum absolute atomic E-state index is 0.370. The molecule has 0 fully saturated rings. The fourth-order valence-corrected chi connectivity index (χ4v) is 2.60. The Labute approximate surface area is 134 Å². The Bertz CT molecular complexity index is 629. The van der Waals surface area contributed by atoms with Crippen LogP contribution < -0.4 is 9.47 Å². The summed E-state index contributed by atoms with van der Waals surface area (Å²) >= 11 is 12.3. The SMILES string of the molecule is COc1cc(Cl)c(C(O)Cc2ccccc2Cl)cc1OC. The van der Waals surface area contributed by atoms with Crippen molar-refractivity contribution in [2.75, 3.05) is 14.2 Å². The maximum Gasteiger partial charge on any atom is 0.162 e. The lowest BCUT2D eigenvalue weighted by molar-refractivity contribution is 0.178. The maximum absolute atomic E-state index is 10.4. The summed E-state index contributed by atoms with van der Waals surface area (Å²) in [5, 5.41) is 11.5. The molecule has 2 aromatic carbocycles. The summed E-state index contributed by atoms with van der Waals surface area (Å²) in [6.07, 6.45) is -0.410. The zero-order valence-electron chi connectivity index (χ0n) is 11.8. The number of benzene rings is 2. The van der Waals surface area contributed by atoms with E-state index in [0.717, 1.165) is 5.56 Å². The van der Waals surface area contributed by atoms with Crippen LogP contribution in [-0.2, 0) is 6.42 Å². The molecule has 2 rings (SSSR count). The molecule has 0 bridgehead atoms. The number of hydrogen-bond acceptors (Lipinski definition) is 3. The number of methoxy groups -OCH3 is 2. The van der Waals surface area contributed by atoms with Gasteiger partial charge in [0, 0.05) is 23.1 Å². The lowest BCUT2D eigenvalue weighted by Crippen LogP contribution is -2.04. The molecule has 0 aliphatic carbocycles. The van der Waals surface area contributed by atoms with Crippen molar-refractivity contribution in [3.63, 3.8) is 0 Å². The second kappa shape index (κ2) is 7.03. The molecular formula is C16H16Cl2O3. The summed E-state index contributed by atoms with van der Waals surface area (Å²) in [4.78, 5) is 0. The van der Waals surface area contributed by atoms with E-state index in [4.69, 9.17) is 32.7 Å². The summed E-state index contributed by atoms with van der Waals surface area (Å²) in [6, 6.07) is 10.7. The zero-order valence-corrected chi connectivity index (χ0v) is 13.3. The molecule has 1 N–H and O–H groups in total. The highest BCUT2D eigenvalue weighted by Crippen LogP contribution is 2.37. The lowest BCUT2D eigenvalue weighted by Gasteiger charge is -2.16. The van der Waals surface area contributed by atoms with Crippen LogP contribution in [0.1, 0.15) is 17.2 Å². The molecule has 0 spiro atoms. The molecule has 0 aliphatic rings. The third-order valence-electron chi connectivity index (χ3n) is 3.23. The van der Waals surface area contributed by atoms with Crippen molar-refractivity contribution < 1.29 is 14.6 Å². The zero-order chi connectivity index (χ0) is 15.4. The van der Waals surface area contributed by atoms with Crippen LogP contribution in [0.4, 0.5) is 0 Å². The van der Waals surface area contributed by atoms with Gasteiger partial charge in [0.1, 0.15) is 0 Å². The van der Waals surface area contributed by atoms with Crippen LogP contribution in [-0.4, -0.2) is 19.3 Å². The van der Waals surface area contributed by atoms with Gasteiger partial charge in [0.05, 0.1) is 25.3 Å². The minimum Gasteiger partial charge on any atom is -0.493 e. The first-order valence-electron chi connectivity index (χ1n) is 6.39. The number of ether oxygens (including phenoxy) is 2. The van der Waals surface area contributed by atoms with Crippen LogP contribution in [0.25, 0.3) is 0 Å². The highest BCUT2D eigenvalue weighted by Gasteiger charge is 2.17. The van der Waals surface area contributed by atoms with Crippen molar-refractivity contribution in [2.45, 2.75) is 12.5 Å². The molecule has 5 heteroatoms. The molecule has 0 radical (unpaired) electrons. The monoisotopic (exact) mass is 326 g/mol. The van der Waals surface area contributed by atoms with Gasteiger partial charge in [-0.3, -0.25) is 0 Å². The smallest absolute Gasteiger partial charge is 0.162 e. The van der Waals surface area contributed by atoms with Crippen LogP contribution >= 0.6 is 23.2 Å². The van der Waals surface area contributed by atoms with E-state index in [0.29, 0.717) is 33.5 Å². The molecule has 1 unspecified atom stereocenters. The van der Waals surface area contributed by atoms with Gasteiger partial charge in [-0.05, 0) is 17.7 Å². The van der Waals surface area contributed by atoms with E-state index >= 15 is 0 Å². The summed E-state index contributed by atoms with van der Waals surface area (Å²) < 4.78 is 10.4. The molecule has 0 aliphatic heterocycles. The number of halogens is 2. The van der Waals surface area contributed by atoms with E-state index in [1.807, 2.05) is 18.2 Å². The first kappa shape index (κ1) is 16.0. The second-order valence-electron chi connectivity index (χ2n) is 4.54. The standard InChI is InChI=1S/C16H16Cl2O3/c1-20-15-8-11(13(18)9-16(15)21-2)14(19)7-10-5-3-4-6-12(10)17/h3-6,8-9,14,19H,7H2,1-2H3. The third kappa shape index (κ3) is 3.62. The highest BCUT2D eigenvalue weighted by molar-refractivity contribution is 6.32. The van der Waals surface area contributed by atoms with Crippen LogP contribution in [0.3, 0.4) is 0 Å². The number of hydrogen-bond donors (Lipinski definition) is 1. The van der Waals surface area contributed by atoms with Crippen molar-refractivity contribution in [1.29, 1.82) is 0 Å². The van der Waals surface area contributed by atoms with Gasteiger partial charge in [-0.2, -0.15) is 0 Å². The Hall–Kier alpha value is -1.42. The van der Waals surface area contributed by atoms with Gasteiger partial charge >= 0.3 is 0 Å². The summed E-state index contributed by atoms with van der Waals surface area (Å²) in [7, 11) is 3.07. The van der Waals surface area contributed by atoms with Gasteiger partial charge in [-0.15, -0.1) is 0 Å². The number of aliphatic hydroxyl groups is 1. The Morgan fingerprint density at radius 1 is 1.00 bits per heavy atom. The average molecular weight is 327 g/mol. The molecule has 112 valence electrons. The van der Waals surface area contributed by atoms with Gasteiger partial charge in [-0.1, -0.05) is 41.4 Å². The quantitative estimate of drug-likeness (QED) is 0.890. The lowest BCUT2D eigenvalue weighted by atomic mass is 10.0. The van der Waals surface area contributed by atoms with Crippen LogP contribution in [0.15, 0.2) is 36.4 Å². The summed E-state index contributed by atoms with van der Waals surface area (Å²) in [5.74, 6) is 1.05. The highest BCUT2D eigenvalue weighted by atomic mass is 35.5. The van der Waals surface area contributed by atoms with E-state index in [2.05, 4.69) is 0 Å². The first-order chi connectivity index (χ1) is 10.1. The largest absolute Gasteiger partial charge is 0.493 e. The van der Waals surface area contributed by atoms with E-state index in [-0.39, 0.29) is 0 Å². The van der Waals surface area contributed by atoms with Gasteiger partial charge < -0.3 is 14.6 Å². The fourth-order valence-electron chi connectivity index (χ4n) is 2.11. The molecule has 0 heterocycles. The molecule has 1 atom stereocenters. The molecule has 0 saturated carbocycles. The van der Waals surface area contributed by atoms with Gasteiger partial charge in [0.2, 0.25) is 0 Å². The van der Waals surface area contributed by atoms with Crippen molar-refractivity contribution in [2.24, 2.45) is 0 Å². The molecule has 3 nitrogen and oxygen atoms in total.